The first-order valence-electron chi connectivity index (χ1n) is 9.87. The first-order chi connectivity index (χ1) is 15.8. The molecule has 8 nitrogen and oxygen atoms in total. The van der Waals surface area contributed by atoms with Gasteiger partial charge in [-0.05, 0) is 31.9 Å². The number of alkyl halides is 6. The van der Waals surface area contributed by atoms with Crippen LogP contribution in [0.1, 0.15) is 43.1 Å². The van der Waals surface area contributed by atoms with Gasteiger partial charge in [0.25, 0.3) is 11.5 Å². The van der Waals surface area contributed by atoms with Crippen LogP contribution in [0.3, 0.4) is 0 Å². The molecule has 0 radical (unpaired) electrons. The Balaban J connectivity index is 1.63. The minimum absolute atomic E-state index is 0.00578. The van der Waals surface area contributed by atoms with E-state index < -0.39 is 47.0 Å². The maximum Gasteiger partial charge on any atom is 0.421 e. The molecule has 0 unspecified atom stereocenters. The number of pyridine rings is 1. The first kappa shape index (κ1) is 25.2. The molecule has 1 aliphatic heterocycles. The summed E-state index contributed by atoms with van der Waals surface area (Å²) in [6, 6.07) is 0.642. The highest BCUT2D eigenvalue weighted by Crippen LogP contribution is 2.30. The van der Waals surface area contributed by atoms with E-state index in [4.69, 9.17) is 4.84 Å². The van der Waals surface area contributed by atoms with Crippen molar-refractivity contribution in [1.82, 2.24) is 20.4 Å². The van der Waals surface area contributed by atoms with Crippen LogP contribution in [-0.4, -0.2) is 27.4 Å². The molecular weight excluding hydrogens is 472 g/mol. The van der Waals surface area contributed by atoms with Crippen molar-refractivity contribution in [2.75, 3.05) is 11.4 Å². The SMILES string of the molecule is CC1=CN(c2ncc(C(F)(F)F)cn2)CC[C@H]1C(=O)NO[C@H](C)c1c[nH]c(=O)c(C(F)(F)F)c1. The number of H-pyrrole nitrogens is 1. The number of carbonyl (C=O) groups excluding carboxylic acids is 1. The van der Waals surface area contributed by atoms with Gasteiger partial charge in [-0.2, -0.15) is 26.3 Å². The number of anilines is 1. The van der Waals surface area contributed by atoms with Crippen molar-refractivity contribution in [3.8, 4) is 0 Å². The molecule has 2 atom stereocenters. The van der Waals surface area contributed by atoms with Crippen molar-refractivity contribution >= 4 is 11.9 Å². The fraction of sp³-hybridized carbons (Fsp3) is 0.400. The molecule has 0 saturated carbocycles. The van der Waals surface area contributed by atoms with E-state index in [1.165, 1.54) is 18.0 Å². The number of nitrogens with one attached hydrogen (secondary N) is 2. The molecule has 3 rings (SSSR count). The number of carbonyl (C=O) groups is 1. The molecule has 0 spiro atoms. The summed E-state index contributed by atoms with van der Waals surface area (Å²) in [4.78, 5) is 40.0. The van der Waals surface area contributed by atoms with E-state index in [-0.39, 0.29) is 24.5 Å². The van der Waals surface area contributed by atoms with Crippen LogP contribution in [-0.2, 0) is 22.0 Å². The predicted molar refractivity (Wildman–Crippen MR) is 106 cm³/mol. The van der Waals surface area contributed by atoms with E-state index in [9.17, 15) is 35.9 Å². The lowest BCUT2D eigenvalue weighted by molar-refractivity contribution is -0.142. The Hall–Kier alpha value is -3.42. The highest BCUT2D eigenvalue weighted by atomic mass is 19.4. The van der Waals surface area contributed by atoms with Gasteiger partial charge in [0, 0.05) is 36.9 Å². The maximum atomic E-state index is 12.9. The van der Waals surface area contributed by atoms with Crippen LogP contribution in [0.25, 0.3) is 0 Å². The number of rotatable bonds is 5. The molecule has 0 aromatic carbocycles. The first-order valence-corrected chi connectivity index (χ1v) is 9.87. The van der Waals surface area contributed by atoms with Gasteiger partial charge < -0.3 is 9.88 Å². The van der Waals surface area contributed by atoms with Gasteiger partial charge in [0.05, 0.1) is 11.5 Å². The lowest BCUT2D eigenvalue weighted by Gasteiger charge is -2.29. The molecule has 2 aromatic rings. The molecule has 184 valence electrons. The fourth-order valence-electron chi connectivity index (χ4n) is 3.24. The number of aromatic nitrogens is 3. The monoisotopic (exact) mass is 491 g/mol. The topological polar surface area (TPSA) is 100 Å². The van der Waals surface area contributed by atoms with Crippen LogP contribution in [0.15, 0.2) is 41.2 Å². The van der Waals surface area contributed by atoms with Gasteiger partial charge in [0.2, 0.25) is 5.95 Å². The van der Waals surface area contributed by atoms with E-state index in [1.807, 2.05) is 4.98 Å². The zero-order chi connectivity index (χ0) is 25.3. The predicted octanol–water partition coefficient (Wildman–Crippen LogP) is 3.74. The number of halogens is 6. The van der Waals surface area contributed by atoms with E-state index in [0.717, 1.165) is 6.20 Å². The second-order valence-electron chi connectivity index (χ2n) is 7.58. The van der Waals surface area contributed by atoms with E-state index in [0.29, 0.717) is 24.0 Å². The Morgan fingerprint density at radius 3 is 2.41 bits per heavy atom. The second kappa shape index (κ2) is 9.44. The number of nitrogens with zero attached hydrogens (tertiary/aromatic N) is 3. The molecule has 0 aliphatic carbocycles. The Labute approximate surface area is 188 Å². The van der Waals surface area contributed by atoms with Crippen molar-refractivity contribution in [1.29, 1.82) is 0 Å². The van der Waals surface area contributed by atoms with Crippen LogP contribution in [0.5, 0.6) is 0 Å². The second-order valence-corrected chi connectivity index (χ2v) is 7.58. The average Bonchev–Trinajstić information content (AvgIpc) is 2.76. The van der Waals surface area contributed by atoms with Crippen LogP contribution in [0, 0.1) is 5.92 Å². The standard InChI is InChI=1S/C20H19F6N5O3/c1-10-9-31(18-28-7-13(8-29-18)19(21,22)23)4-3-14(10)16(32)30-34-11(2)12-5-15(20(24,25)26)17(33)27-6-12/h5-9,11,14H,3-4H2,1-2H3,(H,27,33)(H,30,32)/t11-,14-/m1/s1. The maximum absolute atomic E-state index is 12.9. The molecule has 14 heteroatoms. The molecule has 2 aromatic heterocycles. The Morgan fingerprint density at radius 2 is 1.85 bits per heavy atom. The highest BCUT2D eigenvalue weighted by Gasteiger charge is 2.35. The van der Waals surface area contributed by atoms with Crippen molar-refractivity contribution in [3.63, 3.8) is 0 Å². The minimum atomic E-state index is -4.85. The zero-order valence-electron chi connectivity index (χ0n) is 17.8. The van der Waals surface area contributed by atoms with Crippen molar-refractivity contribution in [2.24, 2.45) is 5.92 Å². The van der Waals surface area contributed by atoms with Gasteiger partial charge in [-0.1, -0.05) is 0 Å². The van der Waals surface area contributed by atoms with Gasteiger partial charge in [-0.3, -0.25) is 14.4 Å². The van der Waals surface area contributed by atoms with Crippen LogP contribution >= 0.6 is 0 Å². The third kappa shape index (κ3) is 5.73. The number of aromatic amines is 1. The summed E-state index contributed by atoms with van der Waals surface area (Å²) in [6.07, 6.45) is -6.24. The summed E-state index contributed by atoms with van der Waals surface area (Å²) in [5.41, 5.74) is -0.917. The van der Waals surface area contributed by atoms with Gasteiger partial charge in [0.15, 0.2) is 0 Å². The minimum Gasteiger partial charge on any atom is -0.328 e. The van der Waals surface area contributed by atoms with Gasteiger partial charge in [-0.15, -0.1) is 0 Å². The molecular formula is C20H19F6N5O3. The van der Waals surface area contributed by atoms with Crippen LogP contribution < -0.4 is 15.9 Å². The average molecular weight is 491 g/mol. The number of hydrogen-bond donors (Lipinski definition) is 2. The number of amides is 1. The summed E-state index contributed by atoms with van der Waals surface area (Å²) < 4.78 is 76.7. The van der Waals surface area contributed by atoms with E-state index in [1.54, 1.807) is 6.92 Å². The Kier molecular flexibility index (Phi) is 7.00. The molecule has 3 heterocycles. The molecule has 0 bridgehead atoms. The zero-order valence-corrected chi connectivity index (χ0v) is 17.8. The van der Waals surface area contributed by atoms with Crippen LogP contribution in [0.4, 0.5) is 32.3 Å². The molecule has 0 fully saturated rings. The normalized spacial score (nSPS) is 17.8. The molecule has 1 aliphatic rings. The smallest absolute Gasteiger partial charge is 0.328 e. The van der Waals surface area contributed by atoms with E-state index >= 15 is 0 Å². The van der Waals surface area contributed by atoms with E-state index in [2.05, 4.69) is 15.4 Å². The van der Waals surface area contributed by atoms with Crippen molar-refractivity contribution < 1.29 is 36.0 Å². The largest absolute Gasteiger partial charge is 0.421 e. The number of hydrogen-bond acceptors (Lipinski definition) is 6. The third-order valence-electron chi connectivity index (χ3n) is 5.14. The quantitative estimate of drug-likeness (QED) is 0.488. The highest BCUT2D eigenvalue weighted by molar-refractivity contribution is 5.81. The molecule has 2 N–H and O–H groups in total. The summed E-state index contributed by atoms with van der Waals surface area (Å²) in [5, 5.41) is 0. The van der Waals surface area contributed by atoms with Crippen molar-refractivity contribution in [3.05, 3.63) is 63.5 Å². The molecule has 0 saturated heterocycles. The van der Waals surface area contributed by atoms with Gasteiger partial charge >= 0.3 is 12.4 Å². The lowest BCUT2D eigenvalue weighted by Crippen LogP contribution is -2.38. The summed E-state index contributed by atoms with van der Waals surface area (Å²) in [7, 11) is 0. The Bertz CT molecular complexity index is 1130. The Morgan fingerprint density at radius 1 is 1.21 bits per heavy atom. The summed E-state index contributed by atoms with van der Waals surface area (Å²) in [6.45, 7) is 3.24. The van der Waals surface area contributed by atoms with Crippen LogP contribution in [0.2, 0.25) is 0 Å². The number of hydroxylamine groups is 1. The fourth-order valence-corrected chi connectivity index (χ4v) is 3.24. The third-order valence-corrected chi connectivity index (χ3v) is 5.14. The van der Waals surface area contributed by atoms with Gasteiger partial charge in [-0.25, -0.2) is 15.4 Å². The van der Waals surface area contributed by atoms with Gasteiger partial charge in [0.1, 0.15) is 11.7 Å². The molecule has 34 heavy (non-hydrogen) atoms. The van der Waals surface area contributed by atoms with Crippen molar-refractivity contribution in [2.45, 2.75) is 38.7 Å². The summed E-state index contributed by atoms with van der Waals surface area (Å²) in [5.74, 6) is -1.18. The molecule has 1 amide bonds. The lowest BCUT2D eigenvalue weighted by atomic mass is 9.94. The summed E-state index contributed by atoms with van der Waals surface area (Å²) >= 11 is 0.